The molecule has 1 saturated heterocycles. The molecular weight excluding hydrogens is 351 g/mol. The number of amides is 1. The summed E-state index contributed by atoms with van der Waals surface area (Å²) in [6.07, 6.45) is 0.853. The molecule has 0 aliphatic carbocycles. The van der Waals surface area contributed by atoms with Crippen LogP contribution in [0, 0.1) is 11.7 Å². The summed E-state index contributed by atoms with van der Waals surface area (Å²) in [6, 6.07) is 1.94. The number of benzene rings is 1. The van der Waals surface area contributed by atoms with Crippen molar-refractivity contribution in [3.63, 3.8) is 0 Å². The minimum atomic E-state index is -4.02. The number of sulfonamides is 1. The van der Waals surface area contributed by atoms with Crippen LogP contribution < -0.4 is 5.14 Å². The summed E-state index contributed by atoms with van der Waals surface area (Å²) < 4.78 is 36.7. The number of rotatable bonds is 2. The maximum Gasteiger partial charge on any atom is 0.256 e. The molecule has 1 aromatic carbocycles. The van der Waals surface area contributed by atoms with Gasteiger partial charge in [-0.2, -0.15) is 0 Å². The standard InChI is InChI=1S/C12H14BrFN2O3S/c1-7-2-3-16(6-7)12(17)8-4-11(20(15,18)19)9(13)5-10(8)14/h4-5,7H,2-3,6H2,1H3,(H2,15,18,19). The van der Waals surface area contributed by atoms with E-state index in [-0.39, 0.29) is 14.9 Å². The van der Waals surface area contributed by atoms with E-state index in [1.165, 1.54) is 4.90 Å². The van der Waals surface area contributed by atoms with Gasteiger partial charge in [0.15, 0.2) is 0 Å². The highest BCUT2D eigenvalue weighted by Gasteiger charge is 2.28. The Hall–Kier alpha value is -0.990. The summed E-state index contributed by atoms with van der Waals surface area (Å²) in [5.74, 6) is -0.923. The number of hydrogen-bond acceptors (Lipinski definition) is 3. The number of hydrogen-bond donors (Lipinski definition) is 1. The van der Waals surface area contributed by atoms with Crippen LogP contribution in [0.4, 0.5) is 4.39 Å². The van der Waals surface area contributed by atoms with Crippen LogP contribution in [0.25, 0.3) is 0 Å². The second-order valence-corrected chi connectivity index (χ2v) is 7.34. The molecule has 0 aromatic heterocycles. The summed E-state index contributed by atoms with van der Waals surface area (Å²) >= 11 is 2.94. The third kappa shape index (κ3) is 3.02. The first-order chi connectivity index (χ1) is 9.20. The van der Waals surface area contributed by atoms with Crippen molar-refractivity contribution in [3.05, 3.63) is 28.0 Å². The van der Waals surface area contributed by atoms with Gasteiger partial charge in [0.2, 0.25) is 10.0 Å². The monoisotopic (exact) mass is 364 g/mol. The predicted molar refractivity (Wildman–Crippen MR) is 75.2 cm³/mol. The lowest BCUT2D eigenvalue weighted by atomic mass is 10.1. The fourth-order valence-corrected chi connectivity index (χ4v) is 3.81. The Morgan fingerprint density at radius 1 is 1.50 bits per heavy atom. The molecule has 2 rings (SSSR count). The van der Waals surface area contributed by atoms with Crippen LogP contribution in [-0.4, -0.2) is 32.3 Å². The average Bonchev–Trinajstić information content (AvgIpc) is 2.73. The van der Waals surface area contributed by atoms with Crippen molar-refractivity contribution in [2.45, 2.75) is 18.2 Å². The molecule has 1 aromatic rings. The first kappa shape index (κ1) is 15.4. The topological polar surface area (TPSA) is 80.5 Å². The molecule has 2 N–H and O–H groups in total. The first-order valence-electron chi connectivity index (χ1n) is 6.01. The fourth-order valence-electron chi connectivity index (χ4n) is 2.20. The van der Waals surface area contributed by atoms with Gasteiger partial charge in [-0.3, -0.25) is 4.79 Å². The van der Waals surface area contributed by atoms with E-state index in [4.69, 9.17) is 5.14 Å². The molecule has 8 heteroatoms. The largest absolute Gasteiger partial charge is 0.338 e. The van der Waals surface area contributed by atoms with Gasteiger partial charge in [-0.05, 0) is 40.4 Å². The lowest BCUT2D eigenvalue weighted by molar-refractivity contribution is 0.0783. The zero-order valence-electron chi connectivity index (χ0n) is 10.8. The summed E-state index contributed by atoms with van der Waals surface area (Å²) in [5.41, 5.74) is -0.272. The van der Waals surface area contributed by atoms with Crippen molar-refractivity contribution in [2.24, 2.45) is 11.1 Å². The lowest BCUT2D eigenvalue weighted by Crippen LogP contribution is -2.29. The maximum absolute atomic E-state index is 13.9. The summed E-state index contributed by atoms with van der Waals surface area (Å²) in [5, 5.41) is 5.05. The second-order valence-electron chi connectivity index (χ2n) is 4.95. The van der Waals surface area contributed by atoms with Crippen molar-refractivity contribution < 1.29 is 17.6 Å². The number of nitrogens with two attached hydrogens (primary N) is 1. The maximum atomic E-state index is 13.9. The quantitative estimate of drug-likeness (QED) is 0.867. The van der Waals surface area contributed by atoms with Crippen LogP contribution in [0.3, 0.4) is 0 Å². The van der Waals surface area contributed by atoms with Crippen molar-refractivity contribution >= 4 is 31.9 Å². The molecule has 1 amide bonds. The second kappa shape index (κ2) is 5.42. The number of primary sulfonamides is 1. The van der Waals surface area contributed by atoms with E-state index in [2.05, 4.69) is 15.9 Å². The van der Waals surface area contributed by atoms with E-state index < -0.39 is 21.7 Å². The third-order valence-electron chi connectivity index (χ3n) is 3.27. The zero-order chi connectivity index (χ0) is 15.1. The van der Waals surface area contributed by atoms with Gasteiger partial charge in [0.1, 0.15) is 5.82 Å². The Labute approximate surface area is 125 Å². The summed E-state index contributed by atoms with van der Waals surface area (Å²) in [6.45, 7) is 3.08. The Morgan fingerprint density at radius 2 is 2.15 bits per heavy atom. The molecule has 1 aliphatic rings. The molecule has 0 saturated carbocycles. The van der Waals surface area contributed by atoms with Crippen LogP contribution in [0.1, 0.15) is 23.7 Å². The third-order valence-corrected chi connectivity index (χ3v) is 5.14. The van der Waals surface area contributed by atoms with Gasteiger partial charge in [-0.1, -0.05) is 6.92 Å². The first-order valence-corrected chi connectivity index (χ1v) is 8.35. The number of likely N-dealkylation sites (tertiary alicyclic amines) is 1. The molecule has 20 heavy (non-hydrogen) atoms. The van der Waals surface area contributed by atoms with Gasteiger partial charge in [-0.15, -0.1) is 0 Å². The highest BCUT2D eigenvalue weighted by molar-refractivity contribution is 9.10. The van der Waals surface area contributed by atoms with Crippen LogP contribution in [0.5, 0.6) is 0 Å². The van der Waals surface area contributed by atoms with Crippen molar-refractivity contribution in [1.29, 1.82) is 0 Å². The molecule has 0 radical (unpaired) electrons. The predicted octanol–water partition coefficient (Wildman–Crippen LogP) is 1.72. The van der Waals surface area contributed by atoms with Crippen molar-refractivity contribution in [2.75, 3.05) is 13.1 Å². The number of halogens is 2. The molecule has 110 valence electrons. The summed E-state index contributed by atoms with van der Waals surface area (Å²) in [4.78, 5) is 13.5. The highest BCUT2D eigenvalue weighted by atomic mass is 79.9. The van der Waals surface area contributed by atoms with Gasteiger partial charge < -0.3 is 4.90 Å². The van der Waals surface area contributed by atoms with E-state index >= 15 is 0 Å². The van der Waals surface area contributed by atoms with E-state index in [1.54, 1.807) is 0 Å². The van der Waals surface area contributed by atoms with E-state index in [1.807, 2.05) is 6.92 Å². The number of carbonyl (C=O) groups is 1. The minimum absolute atomic E-state index is 0.00356. The van der Waals surface area contributed by atoms with Crippen LogP contribution >= 0.6 is 15.9 Å². The van der Waals surface area contributed by atoms with Gasteiger partial charge in [0.05, 0.1) is 10.5 Å². The Balaban J connectivity index is 2.44. The SMILES string of the molecule is CC1CCN(C(=O)c2cc(S(N)(=O)=O)c(Br)cc2F)C1. The molecule has 0 bridgehead atoms. The number of nitrogens with zero attached hydrogens (tertiary/aromatic N) is 1. The molecule has 1 atom stereocenters. The van der Waals surface area contributed by atoms with Crippen LogP contribution in [-0.2, 0) is 10.0 Å². The molecular formula is C12H14BrFN2O3S. The lowest BCUT2D eigenvalue weighted by Gasteiger charge is -2.17. The molecule has 1 unspecified atom stereocenters. The average molecular weight is 365 g/mol. The number of carbonyl (C=O) groups excluding carboxylic acids is 1. The zero-order valence-corrected chi connectivity index (χ0v) is 13.2. The minimum Gasteiger partial charge on any atom is -0.338 e. The van der Waals surface area contributed by atoms with Gasteiger partial charge >= 0.3 is 0 Å². The van der Waals surface area contributed by atoms with E-state index in [0.29, 0.717) is 19.0 Å². The summed E-state index contributed by atoms with van der Waals surface area (Å²) in [7, 11) is -4.02. The van der Waals surface area contributed by atoms with E-state index in [0.717, 1.165) is 18.6 Å². The van der Waals surface area contributed by atoms with Crippen molar-refractivity contribution in [1.82, 2.24) is 4.90 Å². The molecule has 1 heterocycles. The van der Waals surface area contributed by atoms with E-state index in [9.17, 15) is 17.6 Å². The molecule has 1 fully saturated rings. The molecule has 5 nitrogen and oxygen atoms in total. The Kier molecular flexibility index (Phi) is 4.17. The Morgan fingerprint density at radius 3 is 2.65 bits per heavy atom. The highest BCUT2D eigenvalue weighted by Crippen LogP contribution is 2.26. The molecule has 1 aliphatic heterocycles. The van der Waals surface area contributed by atoms with Crippen LogP contribution in [0.2, 0.25) is 0 Å². The van der Waals surface area contributed by atoms with Crippen LogP contribution in [0.15, 0.2) is 21.5 Å². The molecule has 0 spiro atoms. The smallest absolute Gasteiger partial charge is 0.256 e. The van der Waals surface area contributed by atoms with Gasteiger partial charge in [0, 0.05) is 17.6 Å². The Bertz CT molecular complexity index is 663. The van der Waals surface area contributed by atoms with Crippen molar-refractivity contribution in [3.8, 4) is 0 Å². The van der Waals surface area contributed by atoms with Gasteiger partial charge in [-0.25, -0.2) is 17.9 Å². The van der Waals surface area contributed by atoms with Gasteiger partial charge in [0.25, 0.3) is 5.91 Å². The normalized spacial score (nSPS) is 19.4. The fraction of sp³-hybridized carbons (Fsp3) is 0.417.